The molecule has 116 valence electrons. The van der Waals surface area contributed by atoms with Gasteiger partial charge in [-0.05, 0) is 36.4 Å². The summed E-state index contributed by atoms with van der Waals surface area (Å²) in [5.41, 5.74) is 2.66. The van der Waals surface area contributed by atoms with Gasteiger partial charge in [0.05, 0.1) is 24.5 Å². The number of rotatable bonds is 3. The number of para-hydroxylation sites is 2. The smallest absolute Gasteiger partial charge is 0.226 e. The van der Waals surface area contributed by atoms with Crippen molar-refractivity contribution < 1.29 is 13.5 Å². The molecule has 0 radical (unpaired) electrons. The zero-order chi connectivity index (χ0) is 15.6. The van der Waals surface area contributed by atoms with Crippen molar-refractivity contribution in [1.82, 2.24) is 4.98 Å². The highest BCUT2D eigenvalue weighted by atomic mass is 19.1. The van der Waals surface area contributed by atoms with Gasteiger partial charge in [-0.25, -0.2) is 9.37 Å². The molecule has 23 heavy (non-hydrogen) atoms. The predicted molar refractivity (Wildman–Crippen MR) is 84.9 cm³/mol. The van der Waals surface area contributed by atoms with Crippen LogP contribution in [0, 0.1) is 5.82 Å². The first-order valence-corrected chi connectivity index (χ1v) is 7.47. The van der Waals surface area contributed by atoms with E-state index in [0.29, 0.717) is 19.0 Å². The molecule has 0 saturated heterocycles. The molecule has 0 spiro atoms. The molecule has 3 aromatic rings. The molecule has 1 aromatic heterocycles. The Hall–Kier alpha value is -2.82. The number of fused-ring (bicyclic) bond motifs is 1. The Labute approximate surface area is 133 Å². The van der Waals surface area contributed by atoms with E-state index in [1.807, 2.05) is 24.3 Å². The molecule has 0 bridgehead atoms. The Morgan fingerprint density at radius 2 is 1.91 bits per heavy atom. The zero-order valence-corrected chi connectivity index (χ0v) is 12.4. The monoisotopic (exact) mass is 310 g/mol. The highest BCUT2D eigenvalue weighted by Crippen LogP contribution is 2.32. The van der Waals surface area contributed by atoms with Crippen LogP contribution in [0.2, 0.25) is 0 Å². The molecule has 0 amide bonds. The van der Waals surface area contributed by atoms with Crippen molar-refractivity contribution in [2.45, 2.75) is 6.54 Å². The topological polar surface area (TPSA) is 38.5 Å². The maximum absolute atomic E-state index is 13.0. The number of hydrogen-bond donors (Lipinski definition) is 0. The van der Waals surface area contributed by atoms with Gasteiger partial charge >= 0.3 is 0 Å². The third-order valence-electron chi connectivity index (χ3n) is 3.82. The third-order valence-corrected chi connectivity index (χ3v) is 3.82. The van der Waals surface area contributed by atoms with E-state index < -0.39 is 0 Å². The van der Waals surface area contributed by atoms with Gasteiger partial charge < -0.3 is 14.1 Å². The van der Waals surface area contributed by atoms with Crippen LogP contribution in [0.3, 0.4) is 0 Å². The molecule has 0 aliphatic carbocycles. The average Bonchev–Trinajstić information content (AvgIpc) is 3.04. The fraction of sp³-hybridized carbons (Fsp3) is 0.167. The van der Waals surface area contributed by atoms with Crippen molar-refractivity contribution in [1.29, 1.82) is 0 Å². The quantitative estimate of drug-likeness (QED) is 0.736. The van der Waals surface area contributed by atoms with E-state index in [1.165, 1.54) is 12.1 Å². The number of aromatic nitrogens is 1. The van der Waals surface area contributed by atoms with E-state index in [1.54, 1.807) is 18.4 Å². The molecule has 0 fully saturated rings. The summed E-state index contributed by atoms with van der Waals surface area (Å²) in [7, 11) is 0. The maximum Gasteiger partial charge on any atom is 0.226 e. The van der Waals surface area contributed by atoms with Gasteiger partial charge in [0.25, 0.3) is 0 Å². The minimum absolute atomic E-state index is 0.273. The van der Waals surface area contributed by atoms with E-state index >= 15 is 0 Å². The largest absolute Gasteiger partial charge is 0.490 e. The Bertz CT molecular complexity index is 814. The number of anilines is 1. The lowest BCUT2D eigenvalue weighted by molar-refractivity contribution is 0.306. The fourth-order valence-electron chi connectivity index (χ4n) is 2.69. The van der Waals surface area contributed by atoms with Gasteiger partial charge in [0.2, 0.25) is 5.89 Å². The number of oxazole rings is 1. The van der Waals surface area contributed by atoms with Crippen molar-refractivity contribution in [3.8, 4) is 17.2 Å². The summed E-state index contributed by atoms with van der Waals surface area (Å²) >= 11 is 0. The minimum Gasteiger partial charge on any atom is -0.490 e. The van der Waals surface area contributed by atoms with Gasteiger partial charge in [0.1, 0.15) is 24.4 Å². The molecule has 0 saturated carbocycles. The number of ether oxygens (including phenoxy) is 1. The van der Waals surface area contributed by atoms with Gasteiger partial charge in [0, 0.05) is 5.56 Å². The summed E-state index contributed by atoms with van der Waals surface area (Å²) in [6.45, 7) is 2.10. The van der Waals surface area contributed by atoms with Crippen molar-refractivity contribution in [2.75, 3.05) is 18.1 Å². The first-order chi connectivity index (χ1) is 11.3. The predicted octanol–water partition coefficient (Wildman–Crippen LogP) is 3.88. The Morgan fingerprint density at radius 1 is 1.09 bits per heavy atom. The molecular weight excluding hydrogens is 295 g/mol. The number of hydrogen-bond acceptors (Lipinski definition) is 4. The van der Waals surface area contributed by atoms with Crippen molar-refractivity contribution in [3.63, 3.8) is 0 Å². The van der Waals surface area contributed by atoms with Crippen LogP contribution < -0.4 is 9.64 Å². The van der Waals surface area contributed by atoms with Gasteiger partial charge in [-0.3, -0.25) is 0 Å². The summed E-state index contributed by atoms with van der Waals surface area (Å²) < 4.78 is 24.2. The van der Waals surface area contributed by atoms with Crippen molar-refractivity contribution >= 4 is 5.69 Å². The SMILES string of the molecule is Fc1ccc(-c2nc(CN3CCOc4ccccc43)co2)cc1. The number of nitrogens with zero attached hydrogens (tertiary/aromatic N) is 2. The van der Waals surface area contributed by atoms with E-state index in [-0.39, 0.29) is 5.82 Å². The first kappa shape index (κ1) is 13.8. The molecule has 1 aliphatic rings. The van der Waals surface area contributed by atoms with Crippen LogP contribution in [0.15, 0.2) is 59.2 Å². The van der Waals surface area contributed by atoms with Gasteiger partial charge in [-0.2, -0.15) is 0 Å². The molecule has 1 aliphatic heterocycles. The average molecular weight is 310 g/mol. The van der Waals surface area contributed by atoms with Crippen LogP contribution in [0.1, 0.15) is 5.69 Å². The molecule has 5 heteroatoms. The molecule has 4 nitrogen and oxygen atoms in total. The standard InChI is InChI=1S/C18H15FN2O2/c19-14-7-5-13(6-8-14)18-20-15(12-23-18)11-21-9-10-22-17-4-2-1-3-16(17)21/h1-8,12H,9-11H2. The highest BCUT2D eigenvalue weighted by molar-refractivity contribution is 5.60. The van der Waals surface area contributed by atoms with E-state index in [2.05, 4.69) is 9.88 Å². The third kappa shape index (κ3) is 2.77. The summed E-state index contributed by atoms with van der Waals surface area (Å²) in [6, 6.07) is 14.1. The molecule has 2 aromatic carbocycles. The second-order valence-electron chi connectivity index (χ2n) is 5.39. The number of halogens is 1. The van der Waals surface area contributed by atoms with E-state index in [4.69, 9.17) is 9.15 Å². The van der Waals surface area contributed by atoms with Crippen LogP contribution >= 0.6 is 0 Å². The lowest BCUT2D eigenvalue weighted by atomic mass is 10.2. The zero-order valence-electron chi connectivity index (χ0n) is 12.4. The second kappa shape index (κ2) is 5.76. The van der Waals surface area contributed by atoms with Gasteiger partial charge in [0.15, 0.2) is 0 Å². The lowest BCUT2D eigenvalue weighted by Crippen LogP contribution is -2.32. The lowest BCUT2D eigenvalue weighted by Gasteiger charge is -2.30. The summed E-state index contributed by atoms with van der Waals surface area (Å²) in [5.74, 6) is 1.12. The van der Waals surface area contributed by atoms with Crippen molar-refractivity contribution in [2.24, 2.45) is 0 Å². The van der Waals surface area contributed by atoms with E-state index in [9.17, 15) is 4.39 Å². The number of benzene rings is 2. The summed E-state index contributed by atoms with van der Waals surface area (Å²) in [5, 5.41) is 0. The Balaban J connectivity index is 1.56. The molecular formula is C18H15FN2O2. The molecule has 0 atom stereocenters. The van der Waals surface area contributed by atoms with E-state index in [0.717, 1.165) is 29.2 Å². The maximum atomic E-state index is 13.0. The highest BCUT2D eigenvalue weighted by Gasteiger charge is 2.19. The van der Waals surface area contributed by atoms with Crippen LogP contribution in [0.25, 0.3) is 11.5 Å². The first-order valence-electron chi connectivity index (χ1n) is 7.47. The van der Waals surface area contributed by atoms with Gasteiger partial charge in [-0.15, -0.1) is 0 Å². The molecule has 0 N–H and O–H groups in total. The summed E-state index contributed by atoms with van der Waals surface area (Å²) in [6.07, 6.45) is 1.65. The minimum atomic E-state index is -0.273. The van der Waals surface area contributed by atoms with Crippen LogP contribution in [-0.2, 0) is 6.54 Å². The van der Waals surface area contributed by atoms with Crippen LogP contribution in [0.5, 0.6) is 5.75 Å². The molecule has 4 rings (SSSR count). The fourth-order valence-corrected chi connectivity index (χ4v) is 2.69. The summed E-state index contributed by atoms with van der Waals surface area (Å²) in [4.78, 5) is 6.72. The van der Waals surface area contributed by atoms with Crippen LogP contribution in [0.4, 0.5) is 10.1 Å². The molecule has 0 unspecified atom stereocenters. The Kier molecular flexibility index (Phi) is 3.46. The van der Waals surface area contributed by atoms with Crippen LogP contribution in [-0.4, -0.2) is 18.1 Å². The second-order valence-corrected chi connectivity index (χ2v) is 5.39. The van der Waals surface area contributed by atoms with Crippen molar-refractivity contribution in [3.05, 3.63) is 66.3 Å². The van der Waals surface area contributed by atoms with Gasteiger partial charge in [-0.1, -0.05) is 12.1 Å². The normalized spacial score (nSPS) is 13.5. The Morgan fingerprint density at radius 3 is 2.78 bits per heavy atom. The molecule has 2 heterocycles.